The number of ether oxygens (including phenoxy) is 1. The maximum Gasteiger partial charge on any atom is 0.435 e. The second-order valence-electron chi connectivity index (χ2n) is 27.1. The summed E-state index contributed by atoms with van der Waals surface area (Å²) in [5, 5.41) is 9.68. The largest absolute Gasteiger partial charge is 0.460 e. The molecule has 94 heavy (non-hydrogen) atoms. The Bertz CT molecular complexity index is 3940. The van der Waals surface area contributed by atoms with Crippen molar-refractivity contribution in [1.29, 1.82) is 0 Å². The highest BCUT2D eigenvalue weighted by Crippen LogP contribution is 2.53. The number of hydrogen-bond donors (Lipinski definition) is 1. The van der Waals surface area contributed by atoms with Gasteiger partial charge in [0, 0.05) is 52.3 Å². The van der Waals surface area contributed by atoms with Crippen LogP contribution in [0.4, 0.5) is 49.7 Å². The topological polar surface area (TPSA) is 169 Å². The molecule has 512 valence electrons. The van der Waals surface area contributed by atoms with Crippen LogP contribution in [-0.2, 0) is 89.0 Å². The van der Waals surface area contributed by atoms with E-state index in [9.17, 15) is 27.0 Å². The van der Waals surface area contributed by atoms with Gasteiger partial charge in [-0.15, -0.1) is 11.8 Å². The van der Waals surface area contributed by atoms with Crippen LogP contribution in [0.3, 0.4) is 0 Å². The average Bonchev–Trinajstić information content (AvgIpc) is 1.56. The van der Waals surface area contributed by atoms with E-state index in [0.717, 1.165) is 25.3 Å². The number of hydrogen-bond acceptors (Lipinski definition) is 12. The fourth-order valence-electron chi connectivity index (χ4n) is 10.7. The Kier molecular flexibility index (Phi) is 22.1. The number of rotatable bonds is 20. The van der Waals surface area contributed by atoms with E-state index in [1.165, 1.54) is 36.0 Å². The lowest BCUT2D eigenvalue weighted by Gasteiger charge is -2.34. The zero-order valence-electron chi connectivity index (χ0n) is 55.0. The number of halogens is 11. The number of thioether (sulfide) groups is 1. The number of fused-ring (bicyclic) bond motifs is 2. The quantitative estimate of drug-likeness (QED) is 0.0333. The number of amides is 2. The number of esters is 1. The maximum absolute atomic E-state index is 15.8. The summed E-state index contributed by atoms with van der Waals surface area (Å²) in [6, 6.07) is 9.22. The minimum absolute atomic E-state index is 0.0363. The van der Waals surface area contributed by atoms with Crippen molar-refractivity contribution < 1.29 is 80.8 Å². The van der Waals surface area contributed by atoms with Gasteiger partial charge in [-0.25, -0.2) is 22.3 Å². The third-order valence-corrected chi connectivity index (χ3v) is 18.4. The highest BCUT2D eigenvalue weighted by atomic mass is 35.5. The standard InChI is InChI=1S/C65H75ClF10N7O8PS2/c1-35-24-38(30-50(86)88-58(3,4)5)52(47(25-35)89-92(90-59(6,7)8)91-60(9,10)11)61(12,13)32-49(85)83(94(17)87)57-51-45(66)21-20-43(54(51)82(80-57)34-63(69,70)71)42-19-18-41(22-23-62(14,15)93-16)77-53(42)46(29-37-27-39(67)31-40(68)28-37)78-48(84)33-81-56-44(26-36(2)64(56,72)73)55(79-81)65(74,75)76/h18-21,24-25,27-28,31,36,46H,26,29-30,32-34H2,1-17H3,(H,78,84). The Balaban J connectivity index is 1.45. The van der Waals surface area contributed by atoms with Gasteiger partial charge in [0.25, 0.3) is 5.92 Å². The molecule has 1 aliphatic rings. The zero-order valence-corrected chi connectivity index (χ0v) is 58.2. The van der Waals surface area contributed by atoms with E-state index in [2.05, 4.69) is 27.4 Å². The molecule has 2 amide bonds. The summed E-state index contributed by atoms with van der Waals surface area (Å²) in [7, 11) is -4.72. The minimum Gasteiger partial charge on any atom is -0.460 e. The van der Waals surface area contributed by atoms with E-state index < -0.39 is 167 Å². The second-order valence-corrected chi connectivity index (χ2v) is 31.2. The Labute approximate surface area is 552 Å². The molecule has 6 aromatic rings. The van der Waals surface area contributed by atoms with E-state index in [-0.39, 0.29) is 60.9 Å². The molecule has 3 atom stereocenters. The van der Waals surface area contributed by atoms with Crippen molar-refractivity contribution in [3.05, 3.63) is 122 Å². The zero-order chi connectivity index (χ0) is 70.6. The number of anilines is 1. The summed E-state index contributed by atoms with van der Waals surface area (Å²) in [5.74, 6) is -5.11. The van der Waals surface area contributed by atoms with Crippen molar-refractivity contribution in [2.24, 2.45) is 5.92 Å². The first kappa shape index (κ1) is 75.1. The molecular weight excluding hydrogens is 1330 g/mol. The number of pyridine rings is 1. The van der Waals surface area contributed by atoms with Crippen molar-refractivity contribution in [2.75, 3.05) is 16.8 Å². The van der Waals surface area contributed by atoms with Crippen molar-refractivity contribution in [3.63, 3.8) is 0 Å². The summed E-state index contributed by atoms with van der Waals surface area (Å²) >= 11 is 8.39. The summed E-state index contributed by atoms with van der Waals surface area (Å²) < 4.78 is 191. The molecule has 3 aromatic carbocycles. The molecule has 1 aliphatic carbocycles. The molecule has 7 rings (SSSR count). The number of nitrogens with one attached hydrogen (secondary N) is 1. The van der Waals surface area contributed by atoms with Crippen LogP contribution in [0.5, 0.6) is 5.75 Å². The molecule has 0 bridgehead atoms. The van der Waals surface area contributed by atoms with Gasteiger partial charge in [0.15, 0.2) is 11.5 Å². The minimum atomic E-state index is -5.22. The van der Waals surface area contributed by atoms with E-state index in [4.69, 9.17) is 34.9 Å². The smallest absolute Gasteiger partial charge is 0.435 e. The summed E-state index contributed by atoms with van der Waals surface area (Å²) in [6.45, 7) is 22.3. The molecule has 3 heterocycles. The first-order chi connectivity index (χ1) is 43.0. The maximum atomic E-state index is 15.8. The van der Waals surface area contributed by atoms with Gasteiger partial charge in [-0.1, -0.05) is 50.4 Å². The number of carbonyl (C=O) groups excluding carboxylic acids is 3. The first-order valence-corrected chi connectivity index (χ1v) is 33.7. The fourth-order valence-corrected chi connectivity index (χ4v) is 13.1. The molecule has 0 saturated heterocycles. The Morgan fingerprint density at radius 3 is 2.02 bits per heavy atom. The molecular formula is C65H75ClF10N7O8PS2. The van der Waals surface area contributed by atoms with E-state index >= 15 is 35.5 Å². The van der Waals surface area contributed by atoms with Gasteiger partial charge >= 0.3 is 26.9 Å². The molecule has 0 spiro atoms. The van der Waals surface area contributed by atoms with Gasteiger partial charge < -0.3 is 14.6 Å². The van der Waals surface area contributed by atoms with Crippen molar-refractivity contribution in [3.8, 4) is 28.7 Å². The van der Waals surface area contributed by atoms with Crippen molar-refractivity contribution in [1.82, 2.24) is 29.9 Å². The number of nitrogens with zero attached hydrogens (tertiary/aromatic N) is 6. The van der Waals surface area contributed by atoms with Crippen molar-refractivity contribution >= 4 is 77.5 Å². The van der Waals surface area contributed by atoms with Gasteiger partial charge in [0.05, 0.1) is 50.0 Å². The highest BCUT2D eigenvalue weighted by Gasteiger charge is 2.54. The van der Waals surface area contributed by atoms with E-state index in [1.807, 2.05) is 0 Å². The number of carbonyl (C=O) groups is 3. The predicted octanol–water partition coefficient (Wildman–Crippen LogP) is 16.1. The Hall–Kier alpha value is -6.30. The third-order valence-electron chi connectivity index (χ3n) is 14.4. The van der Waals surface area contributed by atoms with Crippen molar-refractivity contribution in [2.45, 2.75) is 194 Å². The summed E-state index contributed by atoms with van der Waals surface area (Å²) in [5.41, 5.74) is -7.68. The number of aryl methyl sites for hydroxylation is 1. The Morgan fingerprint density at radius 1 is 0.862 bits per heavy atom. The normalized spacial score (nSPS) is 15.4. The number of benzene rings is 3. The van der Waals surface area contributed by atoms with E-state index in [1.54, 1.807) is 115 Å². The van der Waals surface area contributed by atoms with Crippen LogP contribution in [0.25, 0.3) is 22.0 Å². The lowest BCUT2D eigenvalue weighted by atomic mass is 9.77. The average molecular weight is 1400 g/mol. The van der Waals surface area contributed by atoms with Crippen LogP contribution in [0.15, 0.2) is 54.6 Å². The van der Waals surface area contributed by atoms with Crippen LogP contribution in [0.1, 0.15) is 160 Å². The monoisotopic (exact) mass is 1400 g/mol. The SMILES string of the molecule is CSC(C)(C)C#Cc1ccc(-c2ccc(Cl)c3c(N(C(=O)CC(C)(C)c4c(CC(=O)OC(C)(C)C)cc(C)cc4OP(OC(C)(C)C)OC(C)(C)C)S(C)=O)nn(CC(F)(F)F)c23)c(C(Cc2cc(F)cc(F)c2)NC(=O)Cn2nc(C(F)(F)F)c3c2C(F)(F)C(C)C3)n1. The van der Waals surface area contributed by atoms with Crippen LogP contribution >= 0.6 is 32.0 Å². The third kappa shape index (κ3) is 18.6. The number of aromatic nitrogens is 5. The molecule has 1 N–H and O–H groups in total. The number of alkyl halides is 8. The molecule has 0 fully saturated rings. The predicted molar refractivity (Wildman–Crippen MR) is 343 cm³/mol. The summed E-state index contributed by atoms with van der Waals surface area (Å²) in [6.07, 6.45) is -9.75. The van der Waals surface area contributed by atoms with Gasteiger partial charge in [-0.05, 0) is 161 Å². The highest BCUT2D eigenvalue weighted by molar-refractivity contribution is 8.00. The van der Waals surface area contributed by atoms with Crippen LogP contribution in [-0.4, -0.2) is 86.8 Å². The first-order valence-electron chi connectivity index (χ1n) is 29.5. The van der Waals surface area contributed by atoms with Gasteiger partial charge in [0.1, 0.15) is 58.4 Å². The molecule has 0 aliphatic heterocycles. The summed E-state index contributed by atoms with van der Waals surface area (Å²) in [4.78, 5) is 48.5. The second kappa shape index (κ2) is 27.7. The lowest BCUT2D eigenvalue weighted by molar-refractivity contribution is -0.154. The van der Waals surface area contributed by atoms with Gasteiger partial charge in [-0.3, -0.25) is 32.8 Å². The van der Waals surface area contributed by atoms with Gasteiger partial charge in [0.2, 0.25) is 11.8 Å². The molecule has 0 saturated carbocycles. The van der Waals surface area contributed by atoms with Gasteiger partial charge in [-0.2, -0.15) is 45.3 Å². The van der Waals surface area contributed by atoms with Crippen LogP contribution in [0.2, 0.25) is 5.02 Å². The molecule has 3 unspecified atom stereocenters. The fraction of sp³-hybridized carbons (Fsp3) is 0.508. The van der Waals surface area contributed by atoms with Crippen LogP contribution < -0.4 is 14.1 Å². The molecule has 29 heteroatoms. The van der Waals surface area contributed by atoms with Crippen LogP contribution in [0, 0.1) is 36.3 Å². The molecule has 3 aromatic heterocycles. The lowest BCUT2D eigenvalue weighted by Crippen LogP contribution is -2.37. The Morgan fingerprint density at radius 2 is 1.47 bits per heavy atom. The molecule has 15 nitrogen and oxygen atoms in total. The molecule has 0 radical (unpaired) electrons. The van der Waals surface area contributed by atoms with E-state index in [0.29, 0.717) is 26.2 Å².